The summed E-state index contributed by atoms with van der Waals surface area (Å²) in [6.07, 6.45) is 2.92. The first-order valence-corrected chi connectivity index (χ1v) is 11.1. The van der Waals surface area contributed by atoms with Crippen molar-refractivity contribution in [3.05, 3.63) is 53.1 Å². The molecular formula is C24H31ClN2O4. The van der Waals surface area contributed by atoms with E-state index in [0.717, 1.165) is 41.8 Å². The fraction of sp³-hybridized carbons (Fsp3) is 0.458. The van der Waals surface area contributed by atoms with Crippen LogP contribution in [0.4, 0.5) is 0 Å². The van der Waals surface area contributed by atoms with Crippen LogP contribution in [0.5, 0.6) is 5.75 Å². The zero-order valence-corrected chi connectivity index (χ0v) is 18.6. The number of nitrogens with one attached hydrogen (secondary N) is 2. The SMILES string of the molecule is COc1cccc(-c2c(Cl)cccc2C(O)(CCCNC(=O)CO)C2CCCNC2)c1. The summed E-state index contributed by atoms with van der Waals surface area (Å²) in [6, 6.07) is 13.3. The minimum atomic E-state index is -1.12. The van der Waals surface area contributed by atoms with Crippen molar-refractivity contribution >= 4 is 17.5 Å². The Kier molecular flexibility index (Phi) is 8.32. The zero-order valence-electron chi connectivity index (χ0n) is 17.9. The Bertz CT molecular complexity index is 886. The Balaban J connectivity index is 2.00. The molecule has 1 aliphatic rings. The third-order valence-corrected chi connectivity index (χ3v) is 6.33. The van der Waals surface area contributed by atoms with E-state index in [1.165, 1.54) is 0 Å². The molecule has 31 heavy (non-hydrogen) atoms. The Morgan fingerprint density at radius 1 is 1.32 bits per heavy atom. The van der Waals surface area contributed by atoms with Gasteiger partial charge in [-0.2, -0.15) is 0 Å². The molecule has 7 heteroatoms. The van der Waals surface area contributed by atoms with E-state index in [1.54, 1.807) is 7.11 Å². The molecule has 0 radical (unpaired) electrons. The molecule has 1 saturated heterocycles. The Morgan fingerprint density at radius 3 is 2.84 bits per heavy atom. The van der Waals surface area contributed by atoms with Gasteiger partial charge < -0.3 is 25.6 Å². The topological polar surface area (TPSA) is 90.8 Å². The summed E-state index contributed by atoms with van der Waals surface area (Å²) in [5.41, 5.74) is 1.35. The van der Waals surface area contributed by atoms with Gasteiger partial charge in [-0.25, -0.2) is 0 Å². The van der Waals surface area contributed by atoms with Gasteiger partial charge in [0.15, 0.2) is 0 Å². The number of carbonyl (C=O) groups excluding carboxylic acids is 1. The van der Waals surface area contributed by atoms with E-state index in [9.17, 15) is 9.90 Å². The van der Waals surface area contributed by atoms with E-state index in [0.29, 0.717) is 31.0 Å². The van der Waals surface area contributed by atoms with Gasteiger partial charge in [0, 0.05) is 29.6 Å². The first-order valence-electron chi connectivity index (χ1n) is 10.7. The predicted molar refractivity (Wildman–Crippen MR) is 122 cm³/mol. The second-order valence-electron chi connectivity index (χ2n) is 7.97. The number of halogens is 1. The molecule has 2 aromatic carbocycles. The van der Waals surface area contributed by atoms with Crippen LogP contribution in [-0.4, -0.2) is 49.5 Å². The summed E-state index contributed by atoms with van der Waals surface area (Å²) in [7, 11) is 1.62. The van der Waals surface area contributed by atoms with Crippen molar-refractivity contribution in [3.63, 3.8) is 0 Å². The van der Waals surface area contributed by atoms with Crippen LogP contribution in [0.15, 0.2) is 42.5 Å². The van der Waals surface area contributed by atoms with Crippen LogP contribution in [-0.2, 0) is 10.4 Å². The first kappa shape index (κ1) is 23.5. The standard InChI is InChI=1S/C24H31ClN2O4/c1-31-19-8-2-6-17(14-19)23-20(9-3-10-21(23)25)24(30,18-7-4-12-26-15-18)11-5-13-27-22(29)16-28/h2-3,6,8-10,14,18,26,28,30H,4-5,7,11-13,15-16H2,1H3,(H,27,29). The highest BCUT2D eigenvalue weighted by Crippen LogP contribution is 2.45. The summed E-state index contributed by atoms with van der Waals surface area (Å²) in [4.78, 5) is 11.4. The normalized spacial score (nSPS) is 18.3. The molecule has 6 nitrogen and oxygen atoms in total. The Labute approximate surface area is 188 Å². The molecule has 1 fully saturated rings. The molecule has 4 N–H and O–H groups in total. The molecule has 0 bridgehead atoms. The van der Waals surface area contributed by atoms with Gasteiger partial charge in [-0.3, -0.25) is 4.79 Å². The molecule has 3 rings (SSSR count). The highest BCUT2D eigenvalue weighted by atomic mass is 35.5. The van der Waals surface area contributed by atoms with Crippen LogP contribution in [0.1, 0.15) is 31.2 Å². The van der Waals surface area contributed by atoms with Crippen LogP contribution < -0.4 is 15.4 Å². The number of aliphatic hydroxyl groups is 2. The second-order valence-corrected chi connectivity index (χ2v) is 8.38. The van der Waals surface area contributed by atoms with Crippen molar-refractivity contribution in [3.8, 4) is 16.9 Å². The number of ether oxygens (including phenoxy) is 1. The van der Waals surface area contributed by atoms with Gasteiger partial charge in [0.05, 0.1) is 12.7 Å². The molecular weight excluding hydrogens is 416 g/mol. The lowest BCUT2D eigenvalue weighted by molar-refractivity contribution is -0.123. The third kappa shape index (κ3) is 5.57. The highest BCUT2D eigenvalue weighted by molar-refractivity contribution is 6.33. The predicted octanol–water partition coefficient (Wildman–Crippen LogP) is 3.09. The number of amides is 1. The smallest absolute Gasteiger partial charge is 0.245 e. The van der Waals surface area contributed by atoms with Crippen LogP contribution in [0.2, 0.25) is 5.02 Å². The molecule has 0 aromatic heterocycles. The highest BCUT2D eigenvalue weighted by Gasteiger charge is 2.40. The number of benzene rings is 2. The summed E-state index contributed by atoms with van der Waals surface area (Å²) in [6.45, 7) is 1.50. The van der Waals surface area contributed by atoms with Crippen molar-refractivity contribution in [1.29, 1.82) is 0 Å². The number of piperidine rings is 1. The number of rotatable bonds is 9. The molecule has 2 unspecified atom stereocenters. The average molecular weight is 447 g/mol. The second kappa shape index (κ2) is 11.0. The molecule has 2 atom stereocenters. The number of hydrogen-bond acceptors (Lipinski definition) is 5. The van der Waals surface area contributed by atoms with E-state index in [2.05, 4.69) is 10.6 Å². The van der Waals surface area contributed by atoms with Crippen LogP contribution in [0.25, 0.3) is 11.1 Å². The lowest BCUT2D eigenvalue weighted by Gasteiger charge is -2.40. The number of methoxy groups -OCH3 is 1. The van der Waals surface area contributed by atoms with Crippen LogP contribution in [0, 0.1) is 5.92 Å². The van der Waals surface area contributed by atoms with Crippen molar-refractivity contribution in [2.45, 2.75) is 31.3 Å². The number of carbonyl (C=O) groups is 1. The van der Waals surface area contributed by atoms with Crippen molar-refractivity contribution in [2.24, 2.45) is 5.92 Å². The maximum absolute atomic E-state index is 12.1. The van der Waals surface area contributed by atoms with Gasteiger partial charge in [0.25, 0.3) is 0 Å². The maximum atomic E-state index is 12.1. The van der Waals surface area contributed by atoms with Crippen molar-refractivity contribution in [2.75, 3.05) is 33.4 Å². The van der Waals surface area contributed by atoms with Crippen molar-refractivity contribution in [1.82, 2.24) is 10.6 Å². The fourth-order valence-electron chi connectivity index (χ4n) is 4.42. The minimum absolute atomic E-state index is 0.0117. The van der Waals surface area contributed by atoms with Gasteiger partial charge in [-0.05, 0) is 61.6 Å². The lowest BCUT2D eigenvalue weighted by atomic mass is 9.72. The van der Waals surface area contributed by atoms with Crippen LogP contribution >= 0.6 is 11.6 Å². The van der Waals surface area contributed by atoms with E-state index in [-0.39, 0.29) is 5.92 Å². The molecule has 0 spiro atoms. The molecule has 2 aromatic rings. The Hall–Kier alpha value is -2.12. The molecule has 1 amide bonds. The first-order chi connectivity index (χ1) is 15.0. The number of aliphatic hydroxyl groups excluding tert-OH is 1. The van der Waals surface area contributed by atoms with E-state index >= 15 is 0 Å². The summed E-state index contributed by atoms with van der Waals surface area (Å²) in [5, 5.41) is 27.7. The third-order valence-electron chi connectivity index (χ3n) is 6.01. The molecule has 0 aliphatic carbocycles. The summed E-state index contributed by atoms with van der Waals surface area (Å²) < 4.78 is 5.39. The fourth-order valence-corrected chi connectivity index (χ4v) is 4.70. The monoisotopic (exact) mass is 446 g/mol. The van der Waals surface area contributed by atoms with Gasteiger partial charge in [-0.1, -0.05) is 35.9 Å². The van der Waals surface area contributed by atoms with E-state index in [4.69, 9.17) is 21.4 Å². The van der Waals surface area contributed by atoms with Gasteiger partial charge >= 0.3 is 0 Å². The molecule has 0 saturated carbocycles. The Morgan fingerprint density at radius 2 is 2.13 bits per heavy atom. The van der Waals surface area contributed by atoms with Crippen LogP contribution in [0.3, 0.4) is 0 Å². The largest absolute Gasteiger partial charge is 0.497 e. The van der Waals surface area contributed by atoms with E-state index in [1.807, 2.05) is 42.5 Å². The van der Waals surface area contributed by atoms with E-state index < -0.39 is 18.1 Å². The average Bonchev–Trinajstić information content (AvgIpc) is 2.81. The van der Waals surface area contributed by atoms with Gasteiger partial charge in [0.2, 0.25) is 5.91 Å². The van der Waals surface area contributed by atoms with Gasteiger partial charge in [0.1, 0.15) is 12.4 Å². The molecule has 168 valence electrons. The minimum Gasteiger partial charge on any atom is -0.497 e. The lowest BCUT2D eigenvalue weighted by Crippen LogP contribution is -2.45. The maximum Gasteiger partial charge on any atom is 0.245 e. The zero-order chi connectivity index (χ0) is 22.3. The molecule has 1 aliphatic heterocycles. The molecule has 1 heterocycles. The summed E-state index contributed by atoms with van der Waals surface area (Å²) >= 11 is 6.67. The van der Waals surface area contributed by atoms with Crippen molar-refractivity contribution < 1.29 is 19.7 Å². The van der Waals surface area contributed by atoms with Gasteiger partial charge in [-0.15, -0.1) is 0 Å². The summed E-state index contributed by atoms with van der Waals surface area (Å²) in [5.74, 6) is 0.318. The quantitative estimate of drug-likeness (QED) is 0.444. The number of hydrogen-bond donors (Lipinski definition) is 4.